The van der Waals surface area contributed by atoms with Gasteiger partial charge in [0.2, 0.25) is 5.91 Å². The van der Waals surface area contributed by atoms with Gasteiger partial charge >= 0.3 is 0 Å². The van der Waals surface area contributed by atoms with Crippen LogP contribution in [-0.2, 0) is 24.2 Å². The number of aromatic nitrogens is 1. The fourth-order valence-corrected chi connectivity index (χ4v) is 4.69. The third-order valence-corrected chi connectivity index (χ3v) is 6.18. The molecule has 1 aliphatic rings. The van der Waals surface area contributed by atoms with E-state index in [1.807, 2.05) is 41.3 Å². The highest BCUT2D eigenvalue weighted by Crippen LogP contribution is 2.37. The van der Waals surface area contributed by atoms with Crippen molar-refractivity contribution < 1.29 is 4.79 Å². The Morgan fingerprint density at radius 1 is 0.963 bits per heavy atom. The minimum absolute atomic E-state index is 0.0278. The van der Waals surface area contributed by atoms with E-state index in [2.05, 4.69) is 35.3 Å². The van der Waals surface area contributed by atoms with Gasteiger partial charge in [-0.25, -0.2) is 0 Å². The lowest BCUT2D eigenvalue weighted by atomic mass is 10.1. The summed E-state index contributed by atoms with van der Waals surface area (Å²) < 4.78 is 0. The third kappa shape index (κ3) is 4.40. The van der Waals surface area contributed by atoms with Gasteiger partial charge in [-0.05, 0) is 47.7 Å². The standard InChI is InChI=1S/C23H22N2OS/c26-23(22-16-20-8-4-5-9-21(20)27-22)25(17-19-10-13-24-14-11-19)15-12-18-6-2-1-3-7-18/h1-11,13-14,22H,12,15-17H2. The number of hydrogen-bond donors (Lipinski definition) is 0. The van der Waals surface area contributed by atoms with Crippen molar-refractivity contribution in [3.8, 4) is 0 Å². The van der Waals surface area contributed by atoms with Crippen molar-refractivity contribution in [2.45, 2.75) is 29.5 Å². The molecule has 0 N–H and O–H groups in total. The first kappa shape index (κ1) is 17.8. The minimum Gasteiger partial charge on any atom is -0.337 e. The quantitative estimate of drug-likeness (QED) is 0.642. The Morgan fingerprint density at radius 2 is 1.70 bits per heavy atom. The van der Waals surface area contributed by atoms with Crippen molar-refractivity contribution in [1.29, 1.82) is 0 Å². The molecule has 0 bridgehead atoms. The zero-order chi connectivity index (χ0) is 18.5. The van der Waals surface area contributed by atoms with Crippen LogP contribution in [0.3, 0.4) is 0 Å². The molecular weight excluding hydrogens is 352 g/mol. The number of benzene rings is 2. The van der Waals surface area contributed by atoms with Crippen molar-refractivity contribution >= 4 is 17.7 Å². The highest BCUT2D eigenvalue weighted by Gasteiger charge is 2.31. The van der Waals surface area contributed by atoms with E-state index in [1.54, 1.807) is 24.2 Å². The molecule has 0 spiro atoms. The number of thioether (sulfide) groups is 1. The molecule has 3 nitrogen and oxygen atoms in total. The molecule has 2 aromatic carbocycles. The lowest BCUT2D eigenvalue weighted by molar-refractivity contribution is -0.131. The zero-order valence-corrected chi connectivity index (χ0v) is 15.9. The van der Waals surface area contributed by atoms with E-state index in [0.29, 0.717) is 6.54 Å². The van der Waals surface area contributed by atoms with Gasteiger partial charge in [0.05, 0.1) is 5.25 Å². The number of carbonyl (C=O) groups excluding carboxylic acids is 1. The van der Waals surface area contributed by atoms with Crippen LogP contribution in [0.5, 0.6) is 0 Å². The summed E-state index contributed by atoms with van der Waals surface area (Å²) in [7, 11) is 0. The van der Waals surface area contributed by atoms with Gasteiger partial charge in [-0.15, -0.1) is 11.8 Å². The van der Waals surface area contributed by atoms with Crippen LogP contribution >= 0.6 is 11.8 Å². The number of pyridine rings is 1. The van der Waals surface area contributed by atoms with Crippen molar-refractivity contribution in [3.63, 3.8) is 0 Å². The summed E-state index contributed by atoms with van der Waals surface area (Å²) in [6.07, 6.45) is 5.25. The number of carbonyl (C=O) groups is 1. The largest absolute Gasteiger partial charge is 0.337 e. The maximum absolute atomic E-state index is 13.3. The maximum Gasteiger partial charge on any atom is 0.236 e. The maximum atomic E-state index is 13.3. The first-order valence-corrected chi connectivity index (χ1v) is 10.1. The molecule has 0 saturated heterocycles. The third-order valence-electron chi connectivity index (χ3n) is 4.87. The van der Waals surface area contributed by atoms with E-state index in [1.165, 1.54) is 16.0 Å². The van der Waals surface area contributed by atoms with Crippen molar-refractivity contribution in [1.82, 2.24) is 9.88 Å². The number of nitrogens with zero attached hydrogens (tertiary/aromatic N) is 2. The van der Waals surface area contributed by atoms with Gasteiger partial charge in [-0.3, -0.25) is 9.78 Å². The molecule has 1 atom stereocenters. The van der Waals surface area contributed by atoms with E-state index in [0.717, 1.165) is 24.9 Å². The molecule has 1 aliphatic heterocycles. The predicted octanol–water partition coefficient (Wildman–Crippen LogP) is 4.37. The number of fused-ring (bicyclic) bond motifs is 1. The molecule has 0 aliphatic carbocycles. The van der Waals surface area contributed by atoms with Crippen molar-refractivity contribution in [2.24, 2.45) is 0 Å². The van der Waals surface area contributed by atoms with Crippen LogP contribution in [0.4, 0.5) is 0 Å². The summed E-state index contributed by atoms with van der Waals surface area (Å²) >= 11 is 1.70. The van der Waals surface area contributed by atoms with Gasteiger partial charge < -0.3 is 4.90 Å². The molecule has 1 amide bonds. The smallest absolute Gasteiger partial charge is 0.236 e. The van der Waals surface area contributed by atoms with Gasteiger partial charge in [0.1, 0.15) is 0 Å². The Balaban J connectivity index is 1.49. The second-order valence-corrected chi connectivity index (χ2v) is 8.01. The summed E-state index contributed by atoms with van der Waals surface area (Å²) in [5.74, 6) is 0.226. The van der Waals surface area contributed by atoms with Crippen LogP contribution in [0.1, 0.15) is 16.7 Å². The van der Waals surface area contributed by atoms with Crippen LogP contribution in [0.25, 0.3) is 0 Å². The molecule has 0 fully saturated rings. The lowest BCUT2D eigenvalue weighted by Crippen LogP contribution is -2.38. The molecule has 2 heterocycles. The summed E-state index contributed by atoms with van der Waals surface area (Å²) in [4.78, 5) is 20.7. The van der Waals surface area contributed by atoms with Gasteiger partial charge in [-0.2, -0.15) is 0 Å². The van der Waals surface area contributed by atoms with E-state index in [-0.39, 0.29) is 11.2 Å². The van der Waals surface area contributed by atoms with Crippen LogP contribution in [-0.4, -0.2) is 27.6 Å². The van der Waals surface area contributed by atoms with Crippen LogP contribution in [0, 0.1) is 0 Å². The molecule has 4 heteroatoms. The first-order valence-electron chi connectivity index (χ1n) is 9.26. The zero-order valence-electron chi connectivity index (χ0n) is 15.1. The van der Waals surface area contributed by atoms with Crippen molar-refractivity contribution in [2.75, 3.05) is 6.54 Å². The summed E-state index contributed by atoms with van der Waals surface area (Å²) in [6, 6.07) is 22.7. The number of rotatable bonds is 6. The fourth-order valence-electron chi connectivity index (χ4n) is 3.41. The Hall–Kier alpha value is -2.59. The lowest BCUT2D eigenvalue weighted by Gasteiger charge is -2.25. The molecular formula is C23H22N2OS. The summed E-state index contributed by atoms with van der Waals surface area (Å²) in [5, 5.41) is -0.0278. The van der Waals surface area contributed by atoms with Gasteiger partial charge in [-0.1, -0.05) is 48.5 Å². The topological polar surface area (TPSA) is 33.2 Å². The van der Waals surface area contributed by atoms with Gasteiger partial charge in [0.15, 0.2) is 0 Å². The number of amides is 1. The van der Waals surface area contributed by atoms with Crippen LogP contribution in [0.15, 0.2) is 84.0 Å². The van der Waals surface area contributed by atoms with Crippen LogP contribution in [0.2, 0.25) is 0 Å². The minimum atomic E-state index is -0.0278. The molecule has 0 saturated carbocycles. The van der Waals surface area contributed by atoms with E-state index in [9.17, 15) is 4.79 Å². The average Bonchev–Trinajstić information content (AvgIpc) is 3.16. The highest BCUT2D eigenvalue weighted by molar-refractivity contribution is 8.01. The second kappa shape index (κ2) is 8.40. The van der Waals surface area contributed by atoms with Crippen molar-refractivity contribution in [3.05, 3.63) is 95.8 Å². The Labute approximate surface area is 164 Å². The van der Waals surface area contributed by atoms with Gasteiger partial charge in [0.25, 0.3) is 0 Å². The molecule has 136 valence electrons. The van der Waals surface area contributed by atoms with E-state index >= 15 is 0 Å². The highest BCUT2D eigenvalue weighted by atomic mass is 32.2. The first-order chi connectivity index (χ1) is 13.3. The predicted molar refractivity (Wildman–Crippen MR) is 110 cm³/mol. The molecule has 3 aromatic rings. The SMILES string of the molecule is O=C(C1Cc2ccccc2S1)N(CCc1ccccc1)Cc1ccncc1. The molecule has 0 radical (unpaired) electrons. The van der Waals surface area contributed by atoms with Gasteiger partial charge in [0, 0.05) is 30.4 Å². The Bertz CT molecular complexity index is 874. The number of hydrogen-bond acceptors (Lipinski definition) is 3. The molecule has 1 aromatic heterocycles. The van der Waals surface area contributed by atoms with Crippen LogP contribution < -0.4 is 0 Å². The normalized spacial score (nSPS) is 15.3. The molecule has 4 rings (SSSR count). The summed E-state index contributed by atoms with van der Waals surface area (Å²) in [6.45, 7) is 1.35. The second-order valence-electron chi connectivity index (χ2n) is 6.77. The summed E-state index contributed by atoms with van der Waals surface area (Å²) in [5.41, 5.74) is 3.66. The Kier molecular flexibility index (Phi) is 5.54. The monoisotopic (exact) mass is 374 g/mol. The van der Waals surface area contributed by atoms with E-state index < -0.39 is 0 Å². The van der Waals surface area contributed by atoms with E-state index in [4.69, 9.17) is 0 Å². The molecule has 27 heavy (non-hydrogen) atoms. The molecule has 1 unspecified atom stereocenters. The fraction of sp³-hybridized carbons (Fsp3) is 0.217. The Morgan fingerprint density at radius 3 is 2.48 bits per heavy atom. The average molecular weight is 375 g/mol.